The van der Waals surface area contributed by atoms with Crippen molar-refractivity contribution in [1.29, 1.82) is 0 Å². The zero-order valence-corrected chi connectivity index (χ0v) is 11.6. The van der Waals surface area contributed by atoms with Crippen LogP contribution in [0, 0.1) is 10.1 Å². The number of aromatic nitrogens is 3. The second-order valence-electron chi connectivity index (χ2n) is 4.80. The van der Waals surface area contributed by atoms with Crippen LogP contribution in [0.5, 0.6) is 0 Å². The van der Waals surface area contributed by atoms with E-state index in [0.717, 1.165) is 10.9 Å². The molecule has 1 aromatic carbocycles. The Morgan fingerprint density at radius 1 is 1.32 bits per heavy atom. The summed E-state index contributed by atoms with van der Waals surface area (Å²) in [5, 5.41) is 11.6. The van der Waals surface area contributed by atoms with Gasteiger partial charge in [0.15, 0.2) is 0 Å². The zero-order chi connectivity index (χ0) is 15.7. The number of benzene rings is 1. The molecule has 0 amide bonds. The quantitative estimate of drug-likeness (QED) is 0.552. The fraction of sp³-hybridized carbons (Fsp3) is 0.143. The molecule has 112 valence electrons. The van der Waals surface area contributed by atoms with Gasteiger partial charge in [-0.25, -0.2) is 9.97 Å². The van der Waals surface area contributed by atoms with E-state index in [9.17, 15) is 10.1 Å². The highest BCUT2D eigenvalue weighted by molar-refractivity contribution is 5.83. The molecule has 0 radical (unpaired) electrons. The molecule has 0 aliphatic rings. The average Bonchev–Trinajstić information content (AvgIpc) is 2.97. The SMILES string of the molecule is NCC(N)c1nccc(-n2ccc3cc([N+](=O)[O-])ccc32)n1. The van der Waals surface area contributed by atoms with Crippen molar-refractivity contribution in [2.24, 2.45) is 11.5 Å². The summed E-state index contributed by atoms with van der Waals surface area (Å²) in [5.41, 5.74) is 12.3. The van der Waals surface area contributed by atoms with Crippen LogP contribution in [0.25, 0.3) is 16.7 Å². The summed E-state index contributed by atoms with van der Waals surface area (Å²) in [6, 6.07) is 7.80. The van der Waals surface area contributed by atoms with E-state index >= 15 is 0 Å². The topological polar surface area (TPSA) is 126 Å². The maximum absolute atomic E-state index is 10.8. The normalized spacial score (nSPS) is 12.5. The molecule has 8 nitrogen and oxygen atoms in total. The Morgan fingerprint density at radius 2 is 2.14 bits per heavy atom. The minimum atomic E-state index is -0.428. The van der Waals surface area contributed by atoms with E-state index in [4.69, 9.17) is 11.5 Å². The summed E-state index contributed by atoms with van der Waals surface area (Å²) in [7, 11) is 0. The van der Waals surface area contributed by atoms with Gasteiger partial charge in [-0.1, -0.05) is 0 Å². The molecule has 2 aromatic heterocycles. The Kier molecular flexibility index (Phi) is 3.53. The lowest BCUT2D eigenvalue weighted by Gasteiger charge is -2.10. The van der Waals surface area contributed by atoms with Gasteiger partial charge in [0.05, 0.1) is 16.5 Å². The van der Waals surface area contributed by atoms with Crippen molar-refractivity contribution < 1.29 is 4.92 Å². The third kappa shape index (κ3) is 2.41. The fourth-order valence-electron chi connectivity index (χ4n) is 2.23. The summed E-state index contributed by atoms with van der Waals surface area (Å²) >= 11 is 0. The van der Waals surface area contributed by atoms with Crippen LogP contribution in [0.1, 0.15) is 11.9 Å². The second kappa shape index (κ2) is 5.51. The molecule has 0 saturated heterocycles. The Morgan fingerprint density at radius 3 is 2.86 bits per heavy atom. The van der Waals surface area contributed by atoms with Gasteiger partial charge in [0, 0.05) is 36.5 Å². The molecule has 0 spiro atoms. The van der Waals surface area contributed by atoms with Crippen molar-refractivity contribution in [2.45, 2.75) is 6.04 Å². The summed E-state index contributed by atoms with van der Waals surface area (Å²) in [5.74, 6) is 1.10. The van der Waals surface area contributed by atoms with Gasteiger partial charge < -0.3 is 16.0 Å². The monoisotopic (exact) mass is 298 g/mol. The van der Waals surface area contributed by atoms with E-state index in [1.165, 1.54) is 12.1 Å². The third-order valence-corrected chi connectivity index (χ3v) is 3.38. The standard InChI is InChI=1S/C14H14N6O2/c15-8-11(16)14-17-5-3-13(18-14)19-6-4-9-7-10(20(21)22)1-2-12(9)19/h1-7,11H,8,15-16H2. The summed E-state index contributed by atoms with van der Waals surface area (Å²) in [4.78, 5) is 18.9. The zero-order valence-electron chi connectivity index (χ0n) is 11.6. The van der Waals surface area contributed by atoms with Crippen LogP contribution < -0.4 is 11.5 Å². The predicted molar refractivity (Wildman–Crippen MR) is 81.5 cm³/mol. The highest BCUT2D eigenvalue weighted by Gasteiger charge is 2.12. The van der Waals surface area contributed by atoms with Crippen molar-refractivity contribution in [2.75, 3.05) is 6.54 Å². The number of fused-ring (bicyclic) bond motifs is 1. The average molecular weight is 298 g/mol. The molecule has 2 heterocycles. The van der Waals surface area contributed by atoms with Gasteiger partial charge in [0.2, 0.25) is 0 Å². The Hall–Kier alpha value is -2.84. The number of nitrogens with two attached hydrogens (primary N) is 2. The molecule has 4 N–H and O–H groups in total. The lowest BCUT2D eigenvalue weighted by atomic mass is 10.2. The Labute approximate surface area is 125 Å². The first-order valence-corrected chi connectivity index (χ1v) is 6.64. The van der Waals surface area contributed by atoms with Crippen LogP contribution in [0.15, 0.2) is 42.7 Å². The summed E-state index contributed by atoms with van der Waals surface area (Å²) in [6.07, 6.45) is 3.42. The maximum atomic E-state index is 10.8. The van der Waals surface area contributed by atoms with Crippen molar-refractivity contribution in [3.63, 3.8) is 0 Å². The first-order chi connectivity index (χ1) is 10.6. The van der Waals surface area contributed by atoms with Crippen LogP contribution in [-0.2, 0) is 0 Å². The van der Waals surface area contributed by atoms with Crippen molar-refractivity contribution in [3.8, 4) is 5.82 Å². The van der Waals surface area contributed by atoms with Crippen molar-refractivity contribution >= 4 is 16.6 Å². The molecule has 1 atom stereocenters. The third-order valence-electron chi connectivity index (χ3n) is 3.38. The van der Waals surface area contributed by atoms with Crippen LogP contribution >= 0.6 is 0 Å². The highest BCUT2D eigenvalue weighted by atomic mass is 16.6. The number of non-ortho nitro benzene ring substituents is 1. The smallest absolute Gasteiger partial charge is 0.270 e. The number of nitrogens with zero attached hydrogens (tertiary/aromatic N) is 4. The number of hydrogen-bond donors (Lipinski definition) is 2. The molecule has 8 heteroatoms. The van der Waals surface area contributed by atoms with Crippen LogP contribution in [0.3, 0.4) is 0 Å². The van der Waals surface area contributed by atoms with Gasteiger partial charge in [-0.15, -0.1) is 0 Å². The van der Waals surface area contributed by atoms with E-state index < -0.39 is 11.0 Å². The number of hydrogen-bond acceptors (Lipinski definition) is 6. The highest BCUT2D eigenvalue weighted by Crippen LogP contribution is 2.24. The maximum Gasteiger partial charge on any atom is 0.270 e. The molecular weight excluding hydrogens is 284 g/mol. The largest absolute Gasteiger partial charge is 0.328 e. The van der Waals surface area contributed by atoms with Gasteiger partial charge in [-0.2, -0.15) is 0 Å². The van der Waals surface area contributed by atoms with Gasteiger partial charge in [0.25, 0.3) is 5.69 Å². The Balaban J connectivity index is 2.09. The molecule has 0 saturated carbocycles. The van der Waals surface area contributed by atoms with E-state index in [1.807, 2.05) is 4.57 Å². The first kappa shape index (κ1) is 14.1. The summed E-state index contributed by atoms with van der Waals surface area (Å²) in [6.45, 7) is 0.252. The van der Waals surface area contributed by atoms with E-state index in [-0.39, 0.29) is 12.2 Å². The van der Waals surface area contributed by atoms with Crippen molar-refractivity contribution in [3.05, 3.63) is 58.7 Å². The minimum absolute atomic E-state index is 0.0544. The molecule has 0 aliphatic heterocycles. The van der Waals surface area contributed by atoms with Crippen LogP contribution in [0.4, 0.5) is 5.69 Å². The van der Waals surface area contributed by atoms with Crippen molar-refractivity contribution in [1.82, 2.24) is 14.5 Å². The van der Waals surface area contributed by atoms with Crippen LogP contribution in [0.2, 0.25) is 0 Å². The van der Waals surface area contributed by atoms with Crippen LogP contribution in [-0.4, -0.2) is 26.0 Å². The Bertz CT molecular complexity index is 844. The van der Waals surface area contributed by atoms with Gasteiger partial charge in [-0.3, -0.25) is 10.1 Å². The molecule has 0 bridgehead atoms. The second-order valence-corrected chi connectivity index (χ2v) is 4.80. The number of nitro groups is 1. The molecular formula is C14H14N6O2. The molecule has 1 unspecified atom stereocenters. The van der Waals surface area contributed by atoms with Gasteiger partial charge >= 0.3 is 0 Å². The molecule has 0 fully saturated rings. The van der Waals surface area contributed by atoms with Gasteiger partial charge in [-0.05, 0) is 18.2 Å². The lowest BCUT2D eigenvalue weighted by molar-refractivity contribution is -0.384. The number of rotatable bonds is 4. The molecule has 22 heavy (non-hydrogen) atoms. The number of nitro benzene ring substituents is 1. The predicted octanol–water partition coefficient (Wildman–Crippen LogP) is 1.29. The molecule has 3 aromatic rings. The minimum Gasteiger partial charge on any atom is -0.328 e. The lowest BCUT2D eigenvalue weighted by Crippen LogP contribution is -2.23. The first-order valence-electron chi connectivity index (χ1n) is 6.64. The molecule has 0 aliphatic carbocycles. The van der Waals surface area contributed by atoms with E-state index in [2.05, 4.69) is 9.97 Å². The molecule has 3 rings (SSSR count). The van der Waals surface area contributed by atoms with E-state index in [1.54, 1.807) is 30.6 Å². The summed E-state index contributed by atoms with van der Waals surface area (Å²) < 4.78 is 1.83. The van der Waals surface area contributed by atoms with Gasteiger partial charge in [0.1, 0.15) is 11.6 Å². The fourth-order valence-corrected chi connectivity index (χ4v) is 2.23. The van der Waals surface area contributed by atoms with E-state index in [0.29, 0.717) is 11.6 Å².